The molecule has 0 bridgehead atoms. The van der Waals surface area contributed by atoms with E-state index in [1.807, 2.05) is 0 Å². The number of carbonyl (C=O) groups is 1. The molecule has 1 N–H and O–H groups in total. The van der Waals surface area contributed by atoms with Crippen LogP contribution in [-0.2, 0) is 0 Å². The summed E-state index contributed by atoms with van der Waals surface area (Å²) in [6, 6.07) is 9.12. The predicted molar refractivity (Wildman–Crippen MR) is 73.4 cm³/mol. The van der Waals surface area contributed by atoms with Crippen LogP contribution in [0.15, 0.2) is 45.9 Å². The Morgan fingerprint density at radius 3 is 2.90 bits per heavy atom. The summed E-state index contributed by atoms with van der Waals surface area (Å²) in [6.45, 7) is 0. The molecule has 0 unspecified atom stereocenters. The van der Waals surface area contributed by atoms with Crippen molar-refractivity contribution in [1.29, 1.82) is 0 Å². The highest BCUT2D eigenvalue weighted by atomic mass is 16.6. The zero-order valence-corrected chi connectivity index (χ0v) is 11.0. The molecule has 21 heavy (non-hydrogen) atoms. The van der Waals surface area contributed by atoms with Crippen molar-refractivity contribution in [3.63, 3.8) is 0 Å². The first kappa shape index (κ1) is 14.3. The van der Waals surface area contributed by atoms with Crippen LogP contribution < -0.4 is 10.2 Å². The number of nitro groups is 1. The largest absolute Gasteiger partial charge is 0.497 e. The van der Waals surface area contributed by atoms with Gasteiger partial charge in [0, 0.05) is 5.56 Å². The number of methoxy groups -OCH3 is 1. The molecular weight excluding hydrogens is 278 g/mol. The zero-order valence-electron chi connectivity index (χ0n) is 11.0. The predicted octanol–water partition coefficient (Wildman–Crippen LogP) is 1.96. The van der Waals surface area contributed by atoms with Gasteiger partial charge in [0.25, 0.3) is 5.91 Å². The summed E-state index contributed by atoms with van der Waals surface area (Å²) >= 11 is 0. The number of ether oxygens (including phenoxy) is 1. The Morgan fingerprint density at radius 2 is 2.24 bits per heavy atom. The SMILES string of the molecule is COc1cccc(C(=O)NN=Cc2ccc([N+](=O)[O-])o2)c1. The molecule has 0 aliphatic heterocycles. The minimum absolute atomic E-state index is 0.160. The normalized spacial score (nSPS) is 10.5. The van der Waals surface area contributed by atoms with E-state index in [-0.39, 0.29) is 5.76 Å². The fourth-order valence-electron chi connectivity index (χ4n) is 1.49. The molecule has 0 aliphatic carbocycles. The smallest absolute Gasteiger partial charge is 0.433 e. The van der Waals surface area contributed by atoms with Gasteiger partial charge in [-0.2, -0.15) is 5.10 Å². The van der Waals surface area contributed by atoms with Gasteiger partial charge in [0.15, 0.2) is 5.76 Å². The number of carbonyl (C=O) groups excluding carboxylic acids is 1. The second-order valence-electron chi connectivity index (χ2n) is 3.86. The van der Waals surface area contributed by atoms with Gasteiger partial charge >= 0.3 is 5.88 Å². The van der Waals surface area contributed by atoms with Gasteiger partial charge in [0.1, 0.15) is 10.7 Å². The molecule has 0 atom stereocenters. The maximum absolute atomic E-state index is 11.8. The minimum atomic E-state index is -0.661. The Morgan fingerprint density at radius 1 is 1.43 bits per heavy atom. The van der Waals surface area contributed by atoms with Crippen LogP contribution in [0.25, 0.3) is 0 Å². The summed E-state index contributed by atoms with van der Waals surface area (Å²) in [5.41, 5.74) is 2.65. The van der Waals surface area contributed by atoms with Gasteiger partial charge in [-0.15, -0.1) is 0 Å². The van der Waals surface area contributed by atoms with E-state index in [0.717, 1.165) is 0 Å². The number of hydrogen-bond acceptors (Lipinski definition) is 6. The number of nitrogens with one attached hydrogen (secondary N) is 1. The van der Waals surface area contributed by atoms with Crippen LogP contribution in [0.2, 0.25) is 0 Å². The molecule has 1 amide bonds. The molecule has 2 aromatic rings. The first-order valence-corrected chi connectivity index (χ1v) is 5.82. The van der Waals surface area contributed by atoms with Crippen LogP contribution in [0, 0.1) is 10.1 Å². The average Bonchev–Trinajstić information content (AvgIpc) is 2.96. The van der Waals surface area contributed by atoms with Gasteiger partial charge in [0.2, 0.25) is 0 Å². The van der Waals surface area contributed by atoms with E-state index in [4.69, 9.17) is 9.15 Å². The van der Waals surface area contributed by atoms with E-state index in [0.29, 0.717) is 11.3 Å². The summed E-state index contributed by atoms with van der Waals surface area (Å²) in [6.07, 6.45) is 1.17. The standard InChI is InChI=1S/C13H11N3O5/c1-20-10-4-2-3-9(7-10)13(17)15-14-8-11-5-6-12(21-11)16(18)19/h2-8H,1H3,(H,15,17). The van der Waals surface area contributed by atoms with Crippen molar-refractivity contribution in [2.75, 3.05) is 7.11 Å². The first-order valence-electron chi connectivity index (χ1n) is 5.82. The van der Waals surface area contributed by atoms with E-state index in [1.54, 1.807) is 24.3 Å². The molecule has 0 radical (unpaired) electrons. The molecular formula is C13H11N3O5. The van der Waals surface area contributed by atoms with Crippen LogP contribution in [-0.4, -0.2) is 24.2 Å². The molecule has 8 nitrogen and oxygen atoms in total. The fraction of sp³-hybridized carbons (Fsp3) is 0.0769. The fourth-order valence-corrected chi connectivity index (χ4v) is 1.49. The van der Waals surface area contributed by atoms with Crippen molar-refractivity contribution < 1.29 is 18.9 Å². The highest BCUT2D eigenvalue weighted by Crippen LogP contribution is 2.14. The molecule has 0 spiro atoms. The Hall–Kier alpha value is -3.16. The van der Waals surface area contributed by atoms with E-state index in [9.17, 15) is 14.9 Å². The van der Waals surface area contributed by atoms with Crippen molar-refractivity contribution in [2.24, 2.45) is 5.10 Å². The van der Waals surface area contributed by atoms with Crippen molar-refractivity contribution in [2.45, 2.75) is 0 Å². The zero-order chi connectivity index (χ0) is 15.2. The third-order valence-corrected chi connectivity index (χ3v) is 2.48. The van der Waals surface area contributed by atoms with Crippen LogP contribution >= 0.6 is 0 Å². The number of amides is 1. The topological polar surface area (TPSA) is 107 Å². The van der Waals surface area contributed by atoms with Gasteiger partial charge in [-0.25, -0.2) is 5.43 Å². The second-order valence-corrected chi connectivity index (χ2v) is 3.86. The van der Waals surface area contributed by atoms with Gasteiger partial charge in [-0.05, 0) is 24.3 Å². The summed E-state index contributed by atoms with van der Waals surface area (Å²) in [4.78, 5) is 21.6. The lowest BCUT2D eigenvalue weighted by Gasteiger charge is -2.02. The van der Waals surface area contributed by atoms with Crippen molar-refractivity contribution >= 4 is 18.0 Å². The van der Waals surface area contributed by atoms with E-state index in [2.05, 4.69) is 10.5 Å². The average molecular weight is 289 g/mol. The van der Waals surface area contributed by atoms with Gasteiger partial charge in [-0.1, -0.05) is 6.07 Å². The van der Waals surface area contributed by atoms with Crippen molar-refractivity contribution in [3.8, 4) is 5.75 Å². The number of rotatable bonds is 5. The molecule has 0 saturated heterocycles. The Kier molecular flexibility index (Phi) is 4.30. The number of furan rings is 1. The summed E-state index contributed by atoms with van der Waals surface area (Å²) in [5, 5.41) is 14.1. The highest BCUT2D eigenvalue weighted by Gasteiger charge is 2.10. The van der Waals surface area contributed by atoms with E-state index >= 15 is 0 Å². The van der Waals surface area contributed by atoms with E-state index in [1.165, 1.54) is 25.5 Å². The molecule has 0 saturated carbocycles. The van der Waals surface area contributed by atoms with E-state index < -0.39 is 16.7 Å². The lowest BCUT2D eigenvalue weighted by atomic mass is 10.2. The Bertz CT molecular complexity index is 693. The molecule has 2 rings (SSSR count). The quantitative estimate of drug-likeness (QED) is 0.514. The Balaban J connectivity index is 1.99. The summed E-state index contributed by atoms with van der Waals surface area (Å²) in [5.74, 6) is -0.122. The number of hydrogen-bond donors (Lipinski definition) is 1. The van der Waals surface area contributed by atoms with Gasteiger partial charge in [-0.3, -0.25) is 14.9 Å². The molecule has 0 fully saturated rings. The van der Waals surface area contributed by atoms with Crippen LogP contribution in [0.4, 0.5) is 5.88 Å². The van der Waals surface area contributed by atoms with Crippen molar-refractivity contribution in [1.82, 2.24) is 5.43 Å². The minimum Gasteiger partial charge on any atom is -0.497 e. The van der Waals surface area contributed by atoms with Gasteiger partial charge < -0.3 is 9.15 Å². The number of hydrazone groups is 1. The lowest BCUT2D eigenvalue weighted by molar-refractivity contribution is -0.402. The van der Waals surface area contributed by atoms with Gasteiger partial charge in [0.05, 0.1) is 19.4 Å². The monoisotopic (exact) mass is 289 g/mol. The third kappa shape index (κ3) is 3.66. The molecule has 1 heterocycles. The van der Waals surface area contributed by atoms with Crippen LogP contribution in [0.3, 0.4) is 0 Å². The molecule has 0 aliphatic rings. The number of benzene rings is 1. The maximum Gasteiger partial charge on any atom is 0.433 e. The van der Waals surface area contributed by atoms with Crippen molar-refractivity contribution in [3.05, 3.63) is 57.8 Å². The maximum atomic E-state index is 11.8. The second kappa shape index (κ2) is 6.33. The highest BCUT2D eigenvalue weighted by molar-refractivity contribution is 5.95. The van der Waals surface area contributed by atoms with Crippen LogP contribution in [0.1, 0.15) is 16.1 Å². The molecule has 1 aromatic carbocycles. The Labute approximate surface area is 119 Å². The molecule has 1 aromatic heterocycles. The number of nitrogens with zero attached hydrogens (tertiary/aromatic N) is 2. The summed E-state index contributed by atoms with van der Waals surface area (Å²) < 4.78 is 9.86. The summed E-state index contributed by atoms with van der Waals surface area (Å²) in [7, 11) is 1.50. The third-order valence-electron chi connectivity index (χ3n) is 2.48. The first-order chi connectivity index (χ1) is 10.1. The van der Waals surface area contributed by atoms with Crippen LogP contribution in [0.5, 0.6) is 5.75 Å². The molecule has 8 heteroatoms. The lowest BCUT2D eigenvalue weighted by Crippen LogP contribution is -2.17. The molecule has 108 valence electrons.